The van der Waals surface area contributed by atoms with E-state index in [1.165, 1.54) is 40.0 Å². The number of carbonyl (C=O) groups is 1. The Morgan fingerprint density at radius 1 is 0.721 bits per heavy atom. The van der Waals surface area contributed by atoms with Crippen molar-refractivity contribution >= 4 is 40.4 Å². The molecule has 6 rings (SSSR count). The van der Waals surface area contributed by atoms with Gasteiger partial charge in [0.25, 0.3) is 5.91 Å². The van der Waals surface area contributed by atoms with Crippen LogP contribution in [0.2, 0.25) is 0 Å². The Kier molecular flexibility index (Phi) is 19.8. The van der Waals surface area contributed by atoms with E-state index in [1.54, 1.807) is 18.4 Å². The van der Waals surface area contributed by atoms with Crippen LogP contribution in [0, 0.1) is 51.4 Å². The number of aliphatic hydroxyl groups excluding tert-OH is 2. The van der Waals surface area contributed by atoms with Crippen LogP contribution in [-0.2, 0) is 37.4 Å². The number of methoxy groups -OCH3 is 1. The van der Waals surface area contributed by atoms with Crippen LogP contribution in [0.3, 0.4) is 0 Å². The Morgan fingerprint density at radius 2 is 1.26 bits per heavy atom. The quantitative estimate of drug-likeness (QED) is 0.0765. The molecule has 61 heavy (non-hydrogen) atoms. The third-order valence-corrected chi connectivity index (χ3v) is 15.1. The zero-order chi connectivity index (χ0) is 43.9. The number of nitrogens with one attached hydrogen (secondary N) is 1. The molecule has 0 radical (unpaired) electrons. The summed E-state index contributed by atoms with van der Waals surface area (Å²) in [6.45, 7) is 13.0. The minimum atomic E-state index is 0.0301. The predicted molar refractivity (Wildman–Crippen MR) is 252 cm³/mol. The third-order valence-electron chi connectivity index (χ3n) is 12.9. The average molecular weight is 895 g/mol. The number of hydrogen-bond donors (Lipinski definition) is 3. The summed E-state index contributed by atoms with van der Waals surface area (Å²) in [6, 6.07) is 20.5. The lowest BCUT2D eigenvalue weighted by molar-refractivity contribution is 0.0960. The van der Waals surface area contributed by atoms with Gasteiger partial charge in [-0.1, -0.05) is 24.3 Å². The molecule has 2 aliphatic rings. The molecule has 0 bridgehead atoms. The third kappa shape index (κ3) is 14.2. The highest BCUT2D eigenvalue weighted by atomic mass is 35.5. The lowest BCUT2D eigenvalue weighted by atomic mass is 9.90. The van der Waals surface area contributed by atoms with Crippen molar-refractivity contribution in [1.29, 1.82) is 0 Å². The fourth-order valence-electron chi connectivity index (χ4n) is 9.34. The molecule has 7 nitrogen and oxygen atoms in total. The molecule has 3 N–H and O–H groups in total. The van der Waals surface area contributed by atoms with Crippen LogP contribution >= 0.6 is 34.5 Å². The lowest BCUT2D eigenvalue weighted by Gasteiger charge is -2.23. The van der Waals surface area contributed by atoms with Crippen molar-refractivity contribution < 1.29 is 29.2 Å². The summed E-state index contributed by atoms with van der Waals surface area (Å²) in [5.41, 5.74) is 9.03. The van der Waals surface area contributed by atoms with Gasteiger partial charge in [0.15, 0.2) is 0 Å². The molecule has 2 unspecified atom stereocenters. The van der Waals surface area contributed by atoms with Crippen LogP contribution < -0.4 is 14.8 Å². The molecule has 0 saturated heterocycles. The smallest absolute Gasteiger partial charge is 0.261 e. The molecule has 10 heteroatoms. The first-order valence-electron chi connectivity index (χ1n) is 22.3. The van der Waals surface area contributed by atoms with Gasteiger partial charge < -0.3 is 29.7 Å². The van der Waals surface area contributed by atoms with Gasteiger partial charge in [-0.2, -0.15) is 0 Å². The summed E-state index contributed by atoms with van der Waals surface area (Å²) in [4.78, 5) is 14.0. The minimum Gasteiger partial charge on any atom is -0.493 e. The number of amides is 1. The number of thiophene rings is 1. The number of aliphatic hydroxyl groups is 2. The Labute approximate surface area is 379 Å². The first-order chi connectivity index (χ1) is 29.4. The van der Waals surface area contributed by atoms with E-state index >= 15 is 0 Å². The van der Waals surface area contributed by atoms with Gasteiger partial charge in [0.1, 0.15) is 11.5 Å². The van der Waals surface area contributed by atoms with Crippen molar-refractivity contribution in [2.75, 3.05) is 26.9 Å². The number of benzene rings is 3. The minimum absolute atomic E-state index is 0.0301. The number of hydrogen-bond acceptors (Lipinski definition) is 7. The van der Waals surface area contributed by atoms with Gasteiger partial charge in [-0.05, 0) is 192 Å². The number of ether oxygens (including phenoxy) is 3. The van der Waals surface area contributed by atoms with Crippen molar-refractivity contribution in [3.8, 4) is 11.5 Å². The van der Waals surface area contributed by atoms with E-state index in [-0.39, 0.29) is 29.9 Å². The standard InChI is InChI=1S/C26H36ClNO3S.C25H33ClO3/c1-5-28-26(29)25-12-10-21(32-25)8-6-7-19-9-11-24(27)23(19)16-31-20-13-17(2)22(15-30-4)18(3)14-20;1-17-11-22(12-18(2)23(17)15-28)29-16-24-21(9-10-25(24)26)8-4-6-19-5-3-7-20(13-19)14-27/h10,12-14,19,23-24H,5-9,11,15-16H2,1-4H3,(H,28,29);3,5,7,11-13,21,24-25,27-28H,4,6,8-10,14-16H2,1-2H3/t19-,23+,24?;21-,24+,25?/m00/s1. The number of aryl methyl sites for hydroxylation is 6. The van der Waals surface area contributed by atoms with E-state index < -0.39 is 0 Å². The number of carbonyl (C=O) groups excluding carboxylic acids is 1. The van der Waals surface area contributed by atoms with E-state index in [9.17, 15) is 15.0 Å². The van der Waals surface area contributed by atoms with E-state index in [0.717, 1.165) is 90.0 Å². The number of rotatable bonds is 20. The molecular weight excluding hydrogens is 826 g/mol. The molecule has 1 aromatic heterocycles. The fourth-order valence-corrected chi connectivity index (χ4v) is 11.1. The van der Waals surface area contributed by atoms with Crippen LogP contribution in [0.15, 0.2) is 60.7 Å². The average Bonchev–Trinajstić information content (AvgIpc) is 3.96. The second kappa shape index (κ2) is 24.7. The van der Waals surface area contributed by atoms with E-state index in [4.69, 9.17) is 37.4 Å². The van der Waals surface area contributed by atoms with Crippen molar-refractivity contribution in [2.24, 2.45) is 23.7 Å². The van der Waals surface area contributed by atoms with E-state index in [1.807, 2.05) is 51.1 Å². The van der Waals surface area contributed by atoms with Crippen molar-refractivity contribution in [1.82, 2.24) is 5.32 Å². The van der Waals surface area contributed by atoms with Gasteiger partial charge in [0, 0.05) is 41.1 Å². The molecule has 2 aliphatic carbocycles. The van der Waals surface area contributed by atoms with Gasteiger partial charge in [0.05, 0.1) is 37.9 Å². The zero-order valence-corrected chi connectivity index (χ0v) is 39.6. The first kappa shape index (κ1) is 48.9. The lowest BCUT2D eigenvalue weighted by Crippen LogP contribution is -2.23. The Balaban J connectivity index is 0.000000232. The van der Waals surface area contributed by atoms with Crippen LogP contribution in [0.4, 0.5) is 0 Å². The van der Waals surface area contributed by atoms with Gasteiger partial charge in [0.2, 0.25) is 0 Å². The molecule has 334 valence electrons. The van der Waals surface area contributed by atoms with Crippen LogP contribution in [-0.4, -0.2) is 53.7 Å². The predicted octanol–water partition coefficient (Wildman–Crippen LogP) is 11.6. The number of halogens is 2. The van der Waals surface area contributed by atoms with E-state index in [2.05, 4.69) is 49.5 Å². The number of alkyl halides is 2. The molecule has 2 fully saturated rings. The molecule has 0 spiro atoms. The fraction of sp³-hybridized carbons (Fsp3) is 0.549. The Bertz CT molecular complexity index is 1940. The summed E-state index contributed by atoms with van der Waals surface area (Å²) in [6.07, 6.45) is 11.0. The first-order valence-corrected chi connectivity index (χ1v) is 24.0. The largest absolute Gasteiger partial charge is 0.493 e. The molecule has 3 aromatic carbocycles. The van der Waals surface area contributed by atoms with Crippen LogP contribution in [0.5, 0.6) is 11.5 Å². The summed E-state index contributed by atoms with van der Waals surface area (Å²) in [5, 5.41) is 22.0. The molecule has 1 amide bonds. The molecular formula is C51H69Cl2NO6S. The van der Waals surface area contributed by atoms with Crippen molar-refractivity contribution in [3.05, 3.63) is 115 Å². The zero-order valence-electron chi connectivity index (χ0n) is 37.2. The van der Waals surface area contributed by atoms with E-state index in [0.29, 0.717) is 50.0 Å². The maximum atomic E-state index is 12.0. The van der Waals surface area contributed by atoms with Gasteiger partial charge in [-0.15, -0.1) is 34.5 Å². The van der Waals surface area contributed by atoms with Crippen molar-refractivity contribution in [3.63, 3.8) is 0 Å². The summed E-state index contributed by atoms with van der Waals surface area (Å²) in [5.74, 6) is 3.76. The summed E-state index contributed by atoms with van der Waals surface area (Å²) in [7, 11) is 1.73. The van der Waals surface area contributed by atoms with Gasteiger partial charge in [-0.3, -0.25) is 4.79 Å². The maximum Gasteiger partial charge on any atom is 0.261 e. The van der Waals surface area contributed by atoms with Crippen LogP contribution in [0.25, 0.3) is 0 Å². The summed E-state index contributed by atoms with van der Waals surface area (Å²) < 4.78 is 17.7. The van der Waals surface area contributed by atoms with Gasteiger partial charge >= 0.3 is 0 Å². The normalized spacial score (nSPS) is 21.0. The van der Waals surface area contributed by atoms with Crippen molar-refractivity contribution in [2.45, 2.75) is 129 Å². The second-order valence-corrected chi connectivity index (χ2v) is 19.5. The monoisotopic (exact) mass is 893 g/mol. The highest BCUT2D eigenvalue weighted by Gasteiger charge is 2.36. The Hall–Kier alpha value is -3.11. The highest BCUT2D eigenvalue weighted by molar-refractivity contribution is 7.14. The van der Waals surface area contributed by atoms with Crippen LogP contribution in [0.1, 0.15) is 117 Å². The second-order valence-electron chi connectivity index (χ2n) is 17.2. The molecule has 0 aliphatic heterocycles. The summed E-state index contributed by atoms with van der Waals surface area (Å²) >= 11 is 14.9. The highest BCUT2D eigenvalue weighted by Crippen LogP contribution is 2.41. The Morgan fingerprint density at radius 3 is 1.79 bits per heavy atom. The molecule has 4 aromatic rings. The topological polar surface area (TPSA) is 97.3 Å². The molecule has 1 heterocycles. The molecule has 6 atom stereocenters. The van der Waals surface area contributed by atoms with Gasteiger partial charge in [-0.25, -0.2) is 0 Å². The molecule has 2 saturated carbocycles. The maximum absolute atomic E-state index is 12.0. The SMILES string of the molecule is CCNC(=O)c1ccc(CCC[C@H]2CCC(Cl)[C@@H]2COc2cc(C)c(COC)c(C)c2)s1.Cc1cc(OC[C@H]2C(Cl)CC[C@@H]2CCCc2cccc(CO)c2)cc(C)c1CO.